The van der Waals surface area contributed by atoms with Gasteiger partial charge in [-0.25, -0.2) is 14.4 Å². The number of aliphatic hydroxyl groups is 16. The number of amides is 3. The van der Waals surface area contributed by atoms with Gasteiger partial charge in [0, 0.05) is 21.1 Å². The summed E-state index contributed by atoms with van der Waals surface area (Å²) >= 11 is 0. The fourth-order valence-electron chi connectivity index (χ4n) is 9.20. The molecule has 3 saturated heterocycles. The maximum atomic E-state index is 13.8. The van der Waals surface area contributed by atoms with Crippen LogP contribution >= 0.6 is 0 Å². The lowest BCUT2D eigenvalue weighted by atomic mass is 9.79. The maximum absolute atomic E-state index is 13.8. The van der Waals surface area contributed by atoms with Crippen LogP contribution in [0.2, 0.25) is 0 Å². The van der Waals surface area contributed by atoms with Crippen LogP contribution < -0.4 is 16.0 Å². The molecule has 37 heteroatoms. The summed E-state index contributed by atoms with van der Waals surface area (Å²) < 4.78 is 0. The van der Waals surface area contributed by atoms with Gasteiger partial charge in [0.05, 0.1) is 95.5 Å². The van der Waals surface area contributed by atoms with E-state index in [0.717, 1.165) is 21.1 Å². The molecule has 3 rings (SSSR count). The molecule has 3 aliphatic rings. The van der Waals surface area contributed by atoms with Crippen LogP contribution in [0.5, 0.6) is 0 Å². The minimum atomic E-state index is -4.68. The number of aliphatic hydroxyl groups excluding tert-OH is 15. The third kappa shape index (κ3) is 12.1. The van der Waals surface area contributed by atoms with Crippen LogP contribution in [-0.2, 0) is 28.8 Å². The lowest BCUT2D eigenvalue weighted by Crippen LogP contribution is -2.86. The van der Waals surface area contributed by atoms with Crippen molar-refractivity contribution in [3.8, 4) is 0 Å². The summed E-state index contributed by atoms with van der Waals surface area (Å²) in [7, 11) is 2.40. The van der Waals surface area contributed by atoms with E-state index in [1.807, 2.05) is 0 Å². The molecule has 0 saturated carbocycles. The number of likely N-dealkylation sites (tertiary alicyclic amines) is 3. The third-order valence-electron chi connectivity index (χ3n) is 13.6. The number of carboxylic acids is 3. The van der Waals surface area contributed by atoms with E-state index in [2.05, 4.69) is 0 Å². The van der Waals surface area contributed by atoms with E-state index in [-0.39, 0.29) is 0 Å². The van der Waals surface area contributed by atoms with E-state index in [1.165, 1.54) is 0 Å². The molecule has 434 valence electrons. The quantitative estimate of drug-likeness (QED) is 0.0306. The van der Waals surface area contributed by atoms with Crippen molar-refractivity contribution in [2.45, 2.75) is 108 Å². The van der Waals surface area contributed by atoms with Gasteiger partial charge in [-0.05, 0) is 0 Å². The molecule has 3 aliphatic heterocycles. The number of guanidine groups is 3. The summed E-state index contributed by atoms with van der Waals surface area (Å²) in [5, 5.41) is 230. The Morgan fingerprint density at radius 3 is 0.882 bits per heavy atom. The summed E-state index contributed by atoms with van der Waals surface area (Å²) in [6, 6.07) is -13.9. The van der Waals surface area contributed by atoms with Gasteiger partial charge in [-0.3, -0.25) is 30.6 Å². The lowest BCUT2D eigenvalue weighted by molar-refractivity contribution is -0.190. The van der Waals surface area contributed by atoms with E-state index in [9.17, 15) is 126 Å². The van der Waals surface area contributed by atoms with Crippen LogP contribution in [0.15, 0.2) is 0 Å². The number of aliphatic carboxylic acids is 3. The highest BCUT2D eigenvalue weighted by Crippen LogP contribution is 2.30. The Bertz CT molecular complexity index is 2010. The molecule has 3 fully saturated rings. The molecule has 3 heterocycles. The molecular weight excluding hydrogens is 1040 g/mol. The number of carbonyl (C=O) groups excluding carboxylic acids is 3. The highest BCUT2D eigenvalue weighted by atomic mass is 16.4. The molecule has 14 atom stereocenters. The number of nitrogens with zero attached hydrogens (tertiary/aromatic N) is 6. The Kier molecular flexibility index (Phi) is 21.9. The zero-order chi connectivity index (χ0) is 58.4. The Morgan fingerprint density at radius 2 is 0.684 bits per heavy atom. The molecule has 0 spiro atoms. The van der Waals surface area contributed by atoms with Crippen molar-refractivity contribution in [3.63, 3.8) is 0 Å². The first-order valence-corrected chi connectivity index (χ1v) is 22.6. The van der Waals surface area contributed by atoms with Gasteiger partial charge in [-0.1, -0.05) is 0 Å². The second kappa shape index (κ2) is 25.9. The van der Waals surface area contributed by atoms with E-state index in [4.69, 9.17) is 16.2 Å². The molecule has 25 N–H and O–H groups in total. The molecule has 76 heavy (non-hydrogen) atoms. The first kappa shape index (κ1) is 64.3. The minimum Gasteiger partial charge on any atom is -0.480 e. The van der Waals surface area contributed by atoms with Gasteiger partial charge in [-0.15, -0.1) is 0 Å². The van der Waals surface area contributed by atoms with Gasteiger partial charge in [0.2, 0.25) is 23.3 Å². The van der Waals surface area contributed by atoms with Crippen LogP contribution in [0, 0.1) is 16.2 Å². The second-order valence-corrected chi connectivity index (χ2v) is 18.2. The summed E-state index contributed by atoms with van der Waals surface area (Å²) in [5.41, 5.74) is -9.01. The van der Waals surface area contributed by atoms with Crippen molar-refractivity contribution in [1.29, 1.82) is 16.2 Å². The van der Waals surface area contributed by atoms with Crippen LogP contribution in [0.1, 0.15) is 0 Å². The summed E-state index contributed by atoms with van der Waals surface area (Å²) in [6.45, 7) is -10.3. The first-order valence-electron chi connectivity index (χ1n) is 22.6. The van der Waals surface area contributed by atoms with Gasteiger partial charge < -0.3 is 142 Å². The topological polar surface area (TPSA) is 614 Å². The van der Waals surface area contributed by atoms with Gasteiger partial charge in [-0.2, -0.15) is 0 Å². The monoisotopic (exact) mass is 1100 g/mol. The van der Waals surface area contributed by atoms with Crippen molar-refractivity contribution in [2.24, 2.45) is 0 Å². The minimum absolute atomic E-state index is 0.399. The highest BCUT2D eigenvalue weighted by Gasteiger charge is 2.70. The number of nitrogens with one attached hydrogen (secondary N) is 6. The van der Waals surface area contributed by atoms with Crippen LogP contribution in [-0.4, -0.2) is 369 Å². The Hall–Kier alpha value is -6.01. The zero-order valence-electron chi connectivity index (χ0n) is 40.7. The number of carbonyl (C=O) groups is 6. The summed E-state index contributed by atoms with van der Waals surface area (Å²) in [6.07, 6.45) is -18.4. The predicted octanol–water partition coefficient (Wildman–Crippen LogP) is -15.7. The fraction of sp³-hybridized carbons (Fsp3) is 0.769. The third-order valence-corrected chi connectivity index (χ3v) is 13.6. The number of rotatable bonds is 20. The van der Waals surface area contributed by atoms with Gasteiger partial charge in [0.1, 0.15) is 54.9 Å². The van der Waals surface area contributed by atoms with Gasteiger partial charge in [0.15, 0.2) is 23.9 Å². The Labute approximate surface area is 429 Å². The van der Waals surface area contributed by atoms with Gasteiger partial charge >= 0.3 is 17.9 Å². The van der Waals surface area contributed by atoms with Crippen molar-refractivity contribution >= 4 is 53.5 Å². The molecule has 2 unspecified atom stereocenters. The van der Waals surface area contributed by atoms with E-state index < -0.39 is 221 Å². The SMILES string of the molecule is CN(CC(=O)N1[C@H](CO)[C@@H](O)C(O)[C@H](O)[C@H]1CO)C(=N)NC(C(=O)O)C(O)(C(=O)O)C(NC(=N)N(C)CC(=O)N1[C@H](CO)[C@@H](O)C(O)[C@H](O)[C@H]1CO)(NC(=N)N(C)CC(=O)N1[C@H](CO)[C@@H](O)C(O)[C@H](O)[C@H]1CO)C(=O)O. The lowest BCUT2D eigenvalue weighted by Gasteiger charge is -2.49. The van der Waals surface area contributed by atoms with Crippen LogP contribution in [0.25, 0.3) is 0 Å². The predicted molar refractivity (Wildman–Crippen MR) is 245 cm³/mol. The molecule has 37 nitrogen and oxygen atoms in total. The second-order valence-electron chi connectivity index (χ2n) is 18.2. The smallest absolute Gasteiger partial charge is 0.354 e. The normalized spacial score (nSPS) is 31.6. The maximum Gasteiger partial charge on any atom is 0.354 e. The standard InChI is InChI=1S/C39H68N12O25/c1-46(4-19(58)49-13(7-52)22(61)28(67)23(62)14(49)8-53)35(40)43-31(32(70)71)38(76,33(72)73)39(34(74)75,44-36(41)47(2)5-20(59)50-15(9-54)24(63)29(68)25(64)16(50)10-55)45-37(42)48(3)6-21(60)51-17(11-56)26(65)30(69)27(66)18(51)12-57/h13-18,22-31,52-57,61-69,76H,4-12H2,1-3H3,(H2,40,43)(H2,41,44)(H2,42,45)(H,70,71)(H,72,73)(H,74,75)/t13-,14-,15-,16-,17-,18-,22-,23-,24-,25-,26-,27-,31?,38?/m1/s1. The van der Waals surface area contributed by atoms with Crippen molar-refractivity contribution in [2.75, 3.05) is 80.4 Å². The molecule has 0 aromatic rings. The molecule has 0 aromatic carbocycles. The summed E-state index contributed by atoms with van der Waals surface area (Å²) in [5.74, 6) is -16.5. The average Bonchev–Trinajstić information content (AvgIpc) is 3.36. The number of likely N-dealkylation sites (N-methyl/N-ethyl adjacent to an activating group) is 3. The van der Waals surface area contributed by atoms with E-state index in [1.54, 1.807) is 16.0 Å². The number of carboxylic acid groups (broad SMARTS) is 3. The van der Waals surface area contributed by atoms with Crippen molar-refractivity contribution < 1.29 is 126 Å². The average molecular weight is 1110 g/mol. The fourth-order valence-corrected chi connectivity index (χ4v) is 9.20. The molecule has 0 aliphatic carbocycles. The highest BCUT2D eigenvalue weighted by molar-refractivity contribution is 6.03. The number of piperidine rings is 3. The molecule has 0 bridgehead atoms. The number of hydrogen-bond acceptors (Lipinski definition) is 25. The van der Waals surface area contributed by atoms with E-state index in [0.29, 0.717) is 29.4 Å². The molecule has 3 amide bonds. The zero-order valence-corrected chi connectivity index (χ0v) is 40.7. The largest absolute Gasteiger partial charge is 0.480 e. The Morgan fingerprint density at radius 1 is 0.447 bits per heavy atom. The summed E-state index contributed by atoms with van der Waals surface area (Å²) in [4.78, 5) is 84.5. The van der Waals surface area contributed by atoms with E-state index >= 15 is 0 Å². The number of hydrogen-bond donors (Lipinski definition) is 25. The van der Waals surface area contributed by atoms with Gasteiger partial charge in [0.25, 0.3) is 5.66 Å². The van der Waals surface area contributed by atoms with Crippen LogP contribution in [0.3, 0.4) is 0 Å². The van der Waals surface area contributed by atoms with Crippen molar-refractivity contribution in [3.05, 3.63) is 0 Å². The molecule has 0 radical (unpaired) electrons. The van der Waals surface area contributed by atoms with Crippen molar-refractivity contribution in [1.82, 2.24) is 45.3 Å². The Balaban J connectivity index is 2.19. The molecular formula is C39H68N12O25. The van der Waals surface area contributed by atoms with Crippen LogP contribution in [0.4, 0.5) is 0 Å². The molecule has 0 aromatic heterocycles. The first-order chi connectivity index (χ1) is 35.3.